The van der Waals surface area contributed by atoms with Crippen molar-refractivity contribution in [2.24, 2.45) is 0 Å². The molecule has 0 saturated heterocycles. The van der Waals surface area contributed by atoms with Gasteiger partial charge in [0.2, 0.25) is 0 Å². The van der Waals surface area contributed by atoms with E-state index >= 15 is 0 Å². The van der Waals surface area contributed by atoms with Crippen molar-refractivity contribution in [1.29, 1.82) is 5.26 Å². The molecule has 0 radical (unpaired) electrons. The first-order valence-electron chi connectivity index (χ1n) is 3.86. The highest BCUT2D eigenvalue weighted by Crippen LogP contribution is 2.13. The second kappa shape index (κ2) is 3.26. The third-order valence-corrected chi connectivity index (χ3v) is 1.77. The fourth-order valence-corrected chi connectivity index (χ4v) is 1.11. The summed E-state index contributed by atoms with van der Waals surface area (Å²) in [6.45, 7) is 0. The standard InChI is InChI=1S/C9H5FN4/c10-8-3-7(4-11)1-2-9(8)14-5-12-13-6-14/h1-3,5-6H. The summed E-state index contributed by atoms with van der Waals surface area (Å²) >= 11 is 0. The molecule has 0 aliphatic heterocycles. The van der Waals surface area contributed by atoms with Crippen LogP contribution in [0.1, 0.15) is 5.56 Å². The Morgan fingerprint density at radius 2 is 2.00 bits per heavy atom. The quantitative estimate of drug-likeness (QED) is 0.677. The summed E-state index contributed by atoms with van der Waals surface area (Å²) in [5.74, 6) is -0.469. The zero-order valence-electron chi connectivity index (χ0n) is 7.05. The van der Waals surface area contributed by atoms with E-state index in [1.807, 2.05) is 6.07 Å². The van der Waals surface area contributed by atoms with Crippen LogP contribution in [0.4, 0.5) is 4.39 Å². The van der Waals surface area contributed by atoms with Crippen LogP contribution in [0.2, 0.25) is 0 Å². The van der Waals surface area contributed by atoms with E-state index in [0.29, 0.717) is 11.3 Å². The van der Waals surface area contributed by atoms with Gasteiger partial charge in [-0.15, -0.1) is 10.2 Å². The van der Waals surface area contributed by atoms with Crippen molar-refractivity contribution in [3.63, 3.8) is 0 Å². The van der Waals surface area contributed by atoms with Crippen LogP contribution in [0.5, 0.6) is 0 Å². The minimum absolute atomic E-state index is 0.291. The first-order valence-corrected chi connectivity index (χ1v) is 3.86. The summed E-state index contributed by atoms with van der Waals surface area (Å²) in [5.41, 5.74) is 0.619. The fourth-order valence-electron chi connectivity index (χ4n) is 1.11. The van der Waals surface area contributed by atoms with Gasteiger partial charge in [-0.05, 0) is 18.2 Å². The van der Waals surface area contributed by atoms with Crippen LogP contribution < -0.4 is 0 Å². The third-order valence-electron chi connectivity index (χ3n) is 1.77. The molecule has 0 N–H and O–H groups in total. The van der Waals surface area contributed by atoms with Crippen molar-refractivity contribution in [2.75, 3.05) is 0 Å². The first-order chi connectivity index (χ1) is 6.81. The number of hydrogen-bond donors (Lipinski definition) is 0. The summed E-state index contributed by atoms with van der Waals surface area (Å²) in [5, 5.41) is 15.7. The predicted molar refractivity (Wildman–Crippen MR) is 46.0 cm³/mol. The van der Waals surface area contributed by atoms with Crippen molar-refractivity contribution < 1.29 is 4.39 Å². The molecule has 4 nitrogen and oxygen atoms in total. The van der Waals surface area contributed by atoms with Crippen LogP contribution in [0.15, 0.2) is 30.9 Å². The largest absolute Gasteiger partial charge is 0.285 e. The molecule has 68 valence electrons. The smallest absolute Gasteiger partial charge is 0.148 e. The van der Waals surface area contributed by atoms with Gasteiger partial charge in [0, 0.05) is 0 Å². The predicted octanol–water partition coefficient (Wildman–Crippen LogP) is 1.28. The maximum atomic E-state index is 13.4. The van der Waals surface area contributed by atoms with E-state index in [9.17, 15) is 4.39 Å². The van der Waals surface area contributed by atoms with Crippen LogP contribution >= 0.6 is 0 Å². The van der Waals surface area contributed by atoms with Gasteiger partial charge in [0.05, 0.1) is 17.3 Å². The maximum absolute atomic E-state index is 13.4. The van der Waals surface area contributed by atoms with Crippen molar-refractivity contribution in [3.05, 3.63) is 42.2 Å². The number of rotatable bonds is 1. The van der Waals surface area contributed by atoms with Gasteiger partial charge >= 0.3 is 0 Å². The van der Waals surface area contributed by atoms with Gasteiger partial charge in [-0.1, -0.05) is 0 Å². The molecule has 1 aromatic carbocycles. The van der Waals surface area contributed by atoms with E-state index in [-0.39, 0.29) is 0 Å². The van der Waals surface area contributed by atoms with Crippen LogP contribution in [0.3, 0.4) is 0 Å². The highest BCUT2D eigenvalue weighted by atomic mass is 19.1. The first kappa shape index (κ1) is 8.38. The second-order valence-electron chi connectivity index (χ2n) is 2.65. The molecule has 0 saturated carbocycles. The Morgan fingerprint density at radius 1 is 1.29 bits per heavy atom. The topological polar surface area (TPSA) is 54.5 Å². The van der Waals surface area contributed by atoms with Gasteiger partial charge in [-0.3, -0.25) is 4.57 Å². The van der Waals surface area contributed by atoms with E-state index in [1.54, 1.807) is 6.07 Å². The van der Waals surface area contributed by atoms with Gasteiger partial charge < -0.3 is 0 Å². The normalized spacial score (nSPS) is 9.71. The summed E-state index contributed by atoms with van der Waals surface area (Å²) < 4.78 is 14.8. The molecule has 2 rings (SSSR count). The fraction of sp³-hybridized carbons (Fsp3) is 0. The average Bonchev–Trinajstić information content (AvgIpc) is 2.70. The molecule has 0 spiro atoms. The van der Waals surface area contributed by atoms with E-state index in [1.165, 1.54) is 29.4 Å². The molecule has 0 atom stereocenters. The molecule has 0 aliphatic rings. The molecule has 0 amide bonds. The number of hydrogen-bond acceptors (Lipinski definition) is 3. The van der Waals surface area contributed by atoms with E-state index in [2.05, 4.69) is 10.2 Å². The van der Waals surface area contributed by atoms with Crippen LogP contribution in [-0.2, 0) is 0 Å². The molecule has 14 heavy (non-hydrogen) atoms. The minimum Gasteiger partial charge on any atom is -0.285 e. The molecule has 1 heterocycles. The van der Waals surface area contributed by atoms with Crippen molar-refractivity contribution in [3.8, 4) is 11.8 Å². The summed E-state index contributed by atoms with van der Waals surface area (Å²) in [7, 11) is 0. The molecule has 0 unspecified atom stereocenters. The summed E-state index contributed by atoms with van der Waals surface area (Å²) in [4.78, 5) is 0. The van der Waals surface area contributed by atoms with Gasteiger partial charge in [0.25, 0.3) is 0 Å². The SMILES string of the molecule is N#Cc1ccc(-n2cnnc2)c(F)c1. The van der Waals surface area contributed by atoms with Crippen LogP contribution in [0.25, 0.3) is 5.69 Å². The number of nitriles is 1. The number of nitrogens with zero attached hydrogens (tertiary/aromatic N) is 4. The van der Waals surface area contributed by atoms with Gasteiger partial charge in [0.1, 0.15) is 18.5 Å². The van der Waals surface area contributed by atoms with Crippen molar-refractivity contribution in [2.45, 2.75) is 0 Å². The van der Waals surface area contributed by atoms with Crippen molar-refractivity contribution in [1.82, 2.24) is 14.8 Å². The molecule has 1 aromatic heterocycles. The Kier molecular flexibility index (Phi) is 1.95. The lowest BCUT2D eigenvalue weighted by molar-refractivity contribution is 0.617. The number of benzene rings is 1. The van der Waals surface area contributed by atoms with Gasteiger partial charge in [0.15, 0.2) is 0 Å². The molecular formula is C9H5FN4. The zero-order chi connectivity index (χ0) is 9.97. The lowest BCUT2D eigenvalue weighted by atomic mass is 10.2. The van der Waals surface area contributed by atoms with E-state index in [4.69, 9.17) is 5.26 Å². The van der Waals surface area contributed by atoms with E-state index in [0.717, 1.165) is 0 Å². The Morgan fingerprint density at radius 3 is 2.57 bits per heavy atom. The number of halogens is 1. The summed E-state index contributed by atoms with van der Waals surface area (Å²) in [6.07, 6.45) is 2.79. The third kappa shape index (κ3) is 1.33. The van der Waals surface area contributed by atoms with Crippen molar-refractivity contribution >= 4 is 0 Å². The monoisotopic (exact) mass is 188 g/mol. The average molecular weight is 188 g/mol. The lowest BCUT2D eigenvalue weighted by Crippen LogP contribution is -1.94. The highest BCUT2D eigenvalue weighted by molar-refractivity contribution is 5.40. The Bertz CT molecular complexity index is 484. The highest BCUT2D eigenvalue weighted by Gasteiger charge is 2.04. The Labute approximate surface area is 79.2 Å². The molecule has 5 heteroatoms. The maximum Gasteiger partial charge on any atom is 0.148 e. The van der Waals surface area contributed by atoms with Crippen LogP contribution in [0, 0.1) is 17.1 Å². The Balaban J connectivity index is 2.52. The molecule has 0 fully saturated rings. The molecular weight excluding hydrogens is 183 g/mol. The van der Waals surface area contributed by atoms with E-state index < -0.39 is 5.82 Å². The second-order valence-corrected chi connectivity index (χ2v) is 2.65. The van der Waals surface area contributed by atoms with Gasteiger partial charge in [-0.2, -0.15) is 5.26 Å². The lowest BCUT2D eigenvalue weighted by Gasteiger charge is -2.01. The molecule has 0 bridgehead atoms. The number of aromatic nitrogens is 3. The Hall–Kier alpha value is -2.22. The van der Waals surface area contributed by atoms with Gasteiger partial charge in [-0.25, -0.2) is 4.39 Å². The van der Waals surface area contributed by atoms with Crippen LogP contribution in [-0.4, -0.2) is 14.8 Å². The molecule has 2 aromatic rings. The summed E-state index contributed by atoms with van der Waals surface area (Å²) in [6, 6.07) is 6.09. The zero-order valence-corrected chi connectivity index (χ0v) is 7.05. The molecule has 0 aliphatic carbocycles. The minimum atomic E-state index is -0.469.